The van der Waals surface area contributed by atoms with Crippen LogP contribution in [-0.4, -0.2) is 219 Å². The molecule has 0 unspecified atom stereocenters. The van der Waals surface area contributed by atoms with Crippen LogP contribution >= 0.6 is 47.0 Å². The SMILES string of the molecule is CCN(CC)CCN1c2ccccc2Sc2c(OCCC(C)C)c3c(c(COCC(C)C)c21)C1=[N+]2C3=Nc3c4c(OCCC(C)C)c5c(c(OCCC(C)C)c4c4n3[C@@]23n2c(c6c(OCCC(C)C)c7c(c(OCCC(C)C)c6c2=NC2=[N+]3C(=N4)c3c(OCCC(C)C)c4c(c(OCCC(C)C)c32)Sc2ccccc2N4CCN(CC)CC)N(CCN(CC)CC)c2ccccc2S7)=N1)Sc1ccccc1N5CCN(CC)CC. The van der Waals surface area contributed by atoms with Gasteiger partial charge in [0.15, 0.2) is 23.0 Å². The molecule has 0 saturated carbocycles. The zero-order valence-electron chi connectivity index (χ0n) is 93.0. The number of ether oxygens (including phenoxy) is 8. The smallest absolute Gasteiger partial charge is 0.404 e. The number of rotatable bonds is 52. The van der Waals surface area contributed by atoms with E-state index in [4.69, 9.17) is 57.9 Å². The number of hydrogen-bond donors (Lipinski definition) is 0. The van der Waals surface area contributed by atoms with Gasteiger partial charge in [-0.15, -0.1) is 9.15 Å². The van der Waals surface area contributed by atoms with Gasteiger partial charge in [-0.2, -0.15) is 9.13 Å². The van der Waals surface area contributed by atoms with Gasteiger partial charge in [0, 0.05) is 84.1 Å². The van der Waals surface area contributed by atoms with Crippen LogP contribution in [-0.2, 0) is 17.3 Å². The lowest BCUT2D eigenvalue weighted by atomic mass is 9.96. The number of amidine groups is 4. The predicted octanol–water partition coefficient (Wildman–Crippen LogP) is 26.6. The Morgan fingerprint density at radius 2 is 0.584 bits per heavy atom. The molecule has 1 atom stereocenters. The van der Waals surface area contributed by atoms with E-state index in [9.17, 15) is 0 Å². The maximum atomic E-state index is 8.26. The molecule has 0 bridgehead atoms. The molecule has 28 heteroatoms. The maximum absolute atomic E-state index is 8.26. The lowest BCUT2D eigenvalue weighted by molar-refractivity contribution is -0.790. The Bertz CT molecular complexity index is 7000. The van der Waals surface area contributed by atoms with E-state index in [-0.39, 0.29) is 54.0 Å². The minimum absolute atomic E-state index is 0.179. The number of para-hydroxylation sites is 4. The second-order valence-electron chi connectivity index (χ2n) is 44.6. The molecular formula is C121H160N16O8S4+2. The fourth-order valence-corrected chi connectivity index (χ4v) is 27.3. The summed E-state index contributed by atoms with van der Waals surface area (Å²) in [4.78, 5) is 56.4. The van der Waals surface area contributed by atoms with E-state index in [1.54, 1.807) is 47.0 Å². The van der Waals surface area contributed by atoms with Crippen LogP contribution in [0, 0.1) is 47.3 Å². The van der Waals surface area contributed by atoms with E-state index in [0.717, 1.165) is 281 Å². The molecule has 0 radical (unpaired) electrons. The van der Waals surface area contributed by atoms with Crippen LogP contribution in [0.4, 0.5) is 57.1 Å². The minimum Gasteiger partial charge on any atom is -0.491 e. The Hall–Kier alpha value is -9.88. The van der Waals surface area contributed by atoms with Crippen molar-refractivity contribution in [2.75, 3.05) is 177 Å². The average molecular weight is 2090 g/mol. The number of likely N-dealkylation sites (N-methyl/N-ethyl adjacent to an activating group) is 4. The standard InChI is InChI=1S/C121H160N16O8S4/c1-25-126(26-2)56-60-130-82-41-33-37-45-86(82)146-109-98(130)81(72-138-71-80(23)24)90-91(105(109)142-67-52-76(15)16)114-123-115-93-96(107(144-69-54-78(19)20)111-100(103(93)140-65-50-74(11)12)132(62-58-128(29-5)30-6)84-43-35-39-47-88(84)148-111)119-125-117-94-97(108(145-70-55-79(21)22)112-101(104(94)141-66-51-75(13)14)133(63-59-129(31-7)32-8)85-44-36-40-48-89(85)149-112)120-124-116-92-95(118-122-113(90)134(114)121(135(116)118,136(115)119)137(117)120)106(143-68-53-77(17)18)110-99(102(92)139-64-49-73(9)10)131(61-57-127(27-3)28-4)83-42-34-38-46-87(83)147-110/h33-48,73-80H,25-32,49-72H2,1-24H3/q+2/t121-/m0/s1. The molecule has 10 aliphatic heterocycles. The summed E-state index contributed by atoms with van der Waals surface area (Å²) in [5.74, 6) is 9.14. The summed E-state index contributed by atoms with van der Waals surface area (Å²) in [6.07, 6.45) is 5.39. The van der Waals surface area contributed by atoms with Gasteiger partial charge < -0.3 is 77.1 Å². The summed E-state index contributed by atoms with van der Waals surface area (Å²) in [6, 6.07) is 36.1. The third-order valence-corrected chi connectivity index (χ3v) is 35.6. The van der Waals surface area contributed by atoms with Crippen molar-refractivity contribution in [2.45, 2.75) is 263 Å². The third-order valence-electron chi connectivity index (χ3n) is 31.0. The van der Waals surface area contributed by atoms with Gasteiger partial charge in [-0.05, 0) is 193 Å². The van der Waals surface area contributed by atoms with Crippen molar-refractivity contribution < 1.29 is 47.0 Å². The molecule has 0 fully saturated rings. The van der Waals surface area contributed by atoms with Crippen LogP contribution in [0.5, 0.6) is 40.2 Å². The lowest BCUT2D eigenvalue weighted by Gasteiger charge is -2.40. The van der Waals surface area contributed by atoms with Crippen molar-refractivity contribution in [3.8, 4) is 40.2 Å². The number of fused-ring (bicyclic) bond motifs is 20. The molecule has 0 amide bonds. The molecule has 1 spiro atoms. The molecule has 0 N–H and O–H groups in total. The monoisotopic (exact) mass is 2090 g/mol. The van der Waals surface area contributed by atoms with E-state index >= 15 is 0 Å². The first-order valence-electron chi connectivity index (χ1n) is 56.3. The van der Waals surface area contributed by atoms with E-state index in [0.29, 0.717) is 142 Å². The van der Waals surface area contributed by atoms with E-state index in [1.165, 1.54) is 0 Å². The first kappa shape index (κ1) is 106. The molecule has 10 aromatic rings. The highest BCUT2D eigenvalue weighted by Gasteiger charge is 2.73. The summed E-state index contributed by atoms with van der Waals surface area (Å²) < 4.78 is 75.3. The third kappa shape index (κ3) is 19.1. The summed E-state index contributed by atoms with van der Waals surface area (Å²) in [5.41, 5.74) is 13.8. The Morgan fingerprint density at radius 1 is 0.302 bits per heavy atom. The lowest BCUT2D eigenvalue weighted by Crippen LogP contribution is -2.71. The highest BCUT2D eigenvalue weighted by atomic mass is 32.2. The van der Waals surface area contributed by atoms with Gasteiger partial charge in [0.25, 0.3) is 23.3 Å². The first-order chi connectivity index (χ1) is 72.2. The molecule has 10 aliphatic rings. The van der Waals surface area contributed by atoms with Crippen LogP contribution in [0.25, 0.3) is 21.5 Å². The summed E-state index contributed by atoms with van der Waals surface area (Å²) >= 11 is 7.14. The summed E-state index contributed by atoms with van der Waals surface area (Å²) in [6.45, 7) is 71.4. The second kappa shape index (κ2) is 45.0. The Labute approximate surface area is 901 Å². The van der Waals surface area contributed by atoms with Crippen molar-refractivity contribution in [1.82, 2.24) is 28.7 Å². The number of nitrogens with zero attached hydrogens (tertiary/aromatic N) is 16. The topological polar surface area (TPSA) is 165 Å². The molecule has 12 heterocycles. The fraction of sp³-hybridized carbons (Fsp3) is 0.537. The predicted molar refractivity (Wildman–Crippen MR) is 614 cm³/mol. The first-order valence-corrected chi connectivity index (χ1v) is 59.6. The number of benzene rings is 8. The number of aromatic nitrogens is 2. The Morgan fingerprint density at radius 3 is 0.946 bits per heavy atom. The minimum atomic E-state index is -1.84. The van der Waals surface area contributed by atoms with Crippen LogP contribution < -0.4 is 63.7 Å². The van der Waals surface area contributed by atoms with Crippen molar-refractivity contribution in [3.63, 3.8) is 0 Å². The number of aliphatic imine (C=N–C) groups is 2. The zero-order chi connectivity index (χ0) is 104. The molecule has 20 rings (SSSR count). The molecular weight excluding hydrogens is 1930 g/mol. The Balaban J connectivity index is 1.08. The van der Waals surface area contributed by atoms with Gasteiger partial charge >= 0.3 is 5.91 Å². The van der Waals surface area contributed by atoms with Crippen molar-refractivity contribution >= 4 is 149 Å². The number of anilines is 8. The van der Waals surface area contributed by atoms with Crippen LogP contribution in [0.2, 0.25) is 0 Å². The van der Waals surface area contributed by atoms with Crippen LogP contribution in [0.1, 0.15) is 239 Å². The van der Waals surface area contributed by atoms with E-state index in [2.05, 4.69) is 321 Å². The molecule has 2 aromatic heterocycles. The van der Waals surface area contributed by atoms with Crippen molar-refractivity contribution in [2.24, 2.45) is 67.3 Å². The quantitative estimate of drug-likeness (QED) is 0.0330. The molecule has 0 aliphatic carbocycles. The molecule has 0 saturated heterocycles. The van der Waals surface area contributed by atoms with Gasteiger partial charge in [0.1, 0.15) is 51.0 Å². The second-order valence-corrected chi connectivity index (χ2v) is 48.8. The highest BCUT2D eigenvalue weighted by Crippen LogP contribution is 2.69. The van der Waals surface area contributed by atoms with E-state index in [1.807, 2.05) is 0 Å². The van der Waals surface area contributed by atoms with Crippen LogP contribution in [0.15, 0.2) is 156 Å². The fourth-order valence-electron chi connectivity index (χ4n) is 22.5. The molecule has 24 nitrogen and oxygen atoms in total. The van der Waals surface area contributed by atoms with Crippen molar-refractivity contribution in [1.29, 1.82) is 0 Å². The zero-order valence-corrected chi connectivity index (χ0v) is 96.3. The maximum Gasteiger partial charge on any atom is 0.404 e. The molecule has 794 valence electrons. The number of hydrogen-bond acceptors (Lipinski definition) is 24. The molecule has 149 heavy (non-hydrogen) atoms. The summed E-state index contributed by atoms with van der Waals surface area (Å²) in [7, 11) is 0. The van der Waals surface area contributed by atoms with Gasteiger partial charge in [0.2, 0.25) is 22.6 Å². The normalized spacial score (nSPS) is 15.9. The Kier molecular flexibility index (Phi) is 32.1. The van der Waals surface area contributed by atoms with Crippen molar-refractivity contribution in [3.05, 3.63) is 136 Å². The summed E-state index contributed by atoms with van der Waals surface area (Å²) in [5, 5.41) is 3.14. The van der Waals surface area contributed by atoms with Gasteiger partial charge in [-0.1, -0.05) is 282 Å². The van der Waals surface area contributed by atoms with Gasteiger partial charge in [-0.25, -0.2) is 0 Å². The largest absolute Gasteiger partial charge is 0.491 e. The van der Waals surface area contributed by atoms with Gasteiger partial charge in [0.05, 0.1) is 128 Å². The van der Waals surface area contributed by atoms with Crippen LogP contribution in [0.3, 0.4) is 0 Å². The van der Waals surface area contributed by atoms with Gasteiger partial charge in [-0.3, -0.25) is 0 Å². The highest BCUT2D eigenvalue weighted by molar-refractivity contribution is 8.00. The molecule has 8 aromatic carbocycles. The average Bonchev–Trinajstić information content (AvgIpc) is 1.45. The van der Waals surface area contributed by atoms with E-state index < -0.39 is 5.91 Å².